The largest absolute Gasteiger partial charge is 0.457 e. The molecule has 0 bridgehead atoms. The van der Waals surface area contributed by atoms with Crippen LogP contribution in [0.2, 0.25) is 0 Å². The summed E-state index contributed by atoms with van der Waals surface area (Å²) in [6.45, 7) is 0.0125. The molecule has 0 aliphatic carbocycles. The van der Waals surface area contributed by atoms with Gasteiger partial charge in [0.15, 0.2) is 11.6 Å². The van der Waals surface area contributed by atoms with Gasteiger partial charge in [0.2, 0.25) is 0 Å². The summed E-state index contributed by atoms with van der Waals surface area (Å²) >= 11 is 0. The van der Waals surface area contributed by atoms with Crippen LogP contribution in [0, 0.1) is 11.6 Å². The maximum Gasteiger partial charge on any atom is 0.340 e. The first-order valence-electron chi connectivity index (χ1n) is 6.94. The van der Waals surface area contributed by atoms with Gasteiger partial charge in [-0.05, 0) is 22.4 Å². The molecule has 116 valence electrons. The SMILES string of the molecule is Nc1cc(F)c(F)cc1C(=O)OCc1cccc2ccccc12. The van der Waals surface area contributed by atoms with Gasteiger partial charge < -0.3 is 10.5 Å². The summed E-state index contributed by atoms with van der Waals surface area (Å²) in [7, 11) is 0. The molecule has 0 saturated carbocycles. The van der Waals surface area contributed by atoms with Crippen LogP contribution in [0.3, 0.4) is 0 Å². The third-order valence-corrected chi connectivity index (χ3v) is 3.55. The van der Waals surface area contributed by atoms with E-state index in [0.29, 0.717) is 0 Å². The van der Waals surface area contributed by atoms with Crippen molar-refractivity contribution in [2.24, 2.45) is 0 Å². The molecular formula is C18H13F2NO2. The number of halogens is 2. The molecule has 0 saturated heterocycles. The zero-order valence-corrected chi connectivity index (χ0v) is 12.1. The summed E-state index contributed by atoms with van der Waals surface area (Å²) in [5, 5.41) is 1.98. The smallest absolute Gasteiger partial charge is 0.340 e. The Morgan fingerprint density at radius 3 is 2.52 bits per heavy atom. The van der Waals surface area contributed by atoms with Crippen molar-refractivity contribution in [3.8, 4) is 0 Å². The molecule has 0 aromatic heterocycles. The number of rotatable bonds is 3. The van der Waals surface area contributed by atoms with Crippen molar-refractivity contribution in [2.75, 3.05) is 5.73 Å². The second-order valence-corrected chi connectivity index (χ2v) is 5.07. The predicted molar refractivity (Wildman–Crippen MR) is 83.8 cm³/mol. The van der Waals surface area contributed by atoms with Crippen LogP contribution in [0.1, 0.15) is 15.9 Å². The highest BCUT2D eigenvalue weighted by atomic mass is 19.2. The molecule has 3 aromatic carbocycles. The molecule has 0 aliphatic rings. The monoisotopic (exact) mass is 313 g/mol. The molecule has 23 heavy (non-hydrogen) atoms. The van der Waals surface area contributed by atoms with Crippen molar-refractivity contribution in [2.45, 2.75) is 6.61 Å². The predicted octanol–water partition coefficient (Wildman–Crippen LogP) is 4.06. The fourth-order valence-electron chi connectivity index (χ4n) is 2.38. The van der Waals surface area contributed by atoms with E-state index in [1.165, 1.54) is 0 Å². The Bertz CT molecular complexity index is 888. The molecule has 0 aliphatic heterocycles. The minimum absolute atomic E-state index is 0.0125. The van der Waals surface area contributed by atoms with Crippen LogP contribution in [0.15, 0.2) is 54.6 Å². The number of anilines is 1. The van der Waals surface area contributed by atoms with Gasteiger partial charge in [-0.2, -0.15) is 0 Å². The number of hydrogen-bond donors (Lipinski definition) is 1. The number of ether oxygens (including phenoxy) is 1. The first-order valence-corrected chi connectivity index (χ1v) is 6.94. The number of hydrogen-bond acceptors (Lipinski definition) is 3. The van der Waals surface area contributed by atoms with Gasteiger partial charge in [0.1, 0.15) is 6.61 Å². The average molecular weight is 313 g/mol. The van der Waals surface area contributed by atoms with E-state index in [1.54, 1.807) is 0 Å². The topological polar surface area (TPSA) is 52.3 Å². The Morgan fingerprint density at radius 2 is 1.70 bits per heavy atom. The standard InChI is InChI=1S/C18H13F2NO2/c19-15-8-14(17(21)9-16(15)20)18(22)23-10-12-6-3-5-11-4-1-2-7-13(11)12/h1-9H,10,21H2. The van der Waals surface area contributed by atoms with E-state index < -0.39 is 17.6 Å². The van der Waals surface area contributed by atoms with E-state index >= 15 is 0 Å². The average Bonchev–Trinajstić information content (AvgIpc) is 2.56. The second kappa shape index (κ2) is 6.04. The number of carbonyl (C=O) groups is 1. The highest BCUT2D eigenvalue weighted by Crippen LogP contribution is 2.21. The van der Waals surface area contributed by atoms with E-state index in [4.69, 9.17) is 10.5 Å². The van der Waals surface area contributed by atoms with Crippen molar-refractivity contribution >= 4 is 22.4 Å². The summed E-state index contributed by atoms with van der Waals surface area (Å²) in [6.07, 6.45) is 0. The first kappa shape index (κ1) is 15.0. The van der Waals surface area contributed by atoms with Crippen LogP contribution in [0.5, 0.6) is 0 Å². The van der Waals surface area contributed by atoms with Crippen molar-refractivity contribution < 1.29 is 18.3 Å². The van der Waals surface area contributed by atoms with Gasteiger partial charge in [0.25, 0.3) is 0 Å². The Hall–Kier alpha value is -2.95. The number of nitrogens with two attached hydrogens (primary N) is 1. The Labute approximate surface area is 131 Å². The van der Waals surface area contributed by atoms with Gasteiger partial charge in [-0.15, -0.1) is 0 Å². The highest BCUT2D eigenvalue weighted by Gasteiger charge is 2.16. The third kappa shape index (κ3) is 2.99. The molecule has 3 aromatic rings. The van der Waals surface area contributed by atoms with E-state index in [0.717, 1.165) is 28.5 Å². The lowest BCUT2D eigenvalue weighted by Crippen LogP contribution is -2.09. The Kier molecular flexibility index (Phi) is 3.93. The van der Waals surface area contributed by atoms with Crippen LogP contribution >= 0.6 is 0 Å². The number of esters is 1. The molecule has 2 N–H and O–H groups in total. The number of nitrogen functional groups attached to an aromatic ring is 1. The molecule has 0 unspecified atom stereocenters. The Balaban J connectivity index is 1.83. The number of benzene rings is 3. The molecule has 0 radical (unpaired) electrons. The third-order valence-electron chi connectivity index (χ3n) is 3.55. The molecule has 0 heterocycles. The minimum atomic E-state index is -1.14. The van der Waals surface area contributed by atoms with Crippen LogP contribution in [0.4, 0.5) is 14.5 Å². The quantitative estimate of drug-likeness (QED) is 0.586. The summed E-state index contributed by atoms with van der Waals surface area (Å²) < 4.78 is 31.5. The van der Waals surface area contributed by atoms with Crippen molar-refractivity contribution in [1.82, 2.24) is 0 Å². The fourth-order valence-corrected chi connectivity index (χ4v) is 2.38. The molecule has 5 heteroatoms. The minimum Gasteiger partial charge on any atom is -0.457 e. The highest BCUT2D eigenvalue weighted by molar-refractivity contribution is 5.95. The lowest BCUT2D eigenvalue weighted by atomic mass is 10.1. The summed E-state index contributed by atoms with van der Waals surface area (Å²) in [6, 6.07) is 14.8. The van der Waals surface area contributed by atoms with E-state index in [9.17, 15) is 13.6 Å². The van der Waals surface area contributed by atoms with Gasteiger partial charge in [-0.25, -0.2) is 13.6 Å². The zero-order valence-electron chi connectivity index (χ0n) is 12.1. The zero-order chi connectivity index (χ0) is 16.4. The normalized spacial score (nSPS) is 10.7. The van der Waals surface area contributed by atoms with Gasteiger partial charge in [-0.3, -0.25) is 0 Å². The van der Waals surface area contributed by atoms with Gasteiger partial charge >= 0.3 is 5.97 Å². The van der Waals surface area contributed by atoms with E-state index in [-0.39, 0.29) is 17.9 Å². The van der Waals surface area contributed by atoms with Crippen molar-refractivity contribution in [3.63, 3.8) is 0 Å². The fraction of sp³-hybridized carbons (Fsp3) is 0.0556. The first-order chi connectivity index (χ1) is 11.1. The molecule has 0 fully saturated rings. The molecule has 3 rings (SSSR count). The Morgan fingerprint density at radius 1 is 1.00 bits per heavy atom. The van der Waals surface area contributed by atoms with Crippen LogP contribution in [0.25, 0.3) is 10.8 Å². The number of fused-ring (bicyclic) bond motifs is 1. The maximum atomic E-state index is 13.3. The molecule has 0 spiro atoms. The molecule has 3 nitrogen and oxygen atoms in total. The summed E-state index contributed by atoms with van der Waals surface area (Å²) in [5.41, 5.74) is 6.01. The molecule has 0 amide bonds. The van der Waals surface area contributed by atoms with Gasteiger partial charge in [0, 0.05) is 11.8 Å². The van der Waals surface area contributed by atoms with Crippen molar-refractivity contribution in [1.29, 1.82) is 0 Å². The second-order valence-electron chi connectivity index (χ2n) is 5.07. The van der Waals surface area contributed by atoms with E-state index in [2.05, 4.69) is 0 Å². The summed E-state index contributed by atoms with van der Waals surface area (Å²) in [5.74, 6) is -3.04. The van der Waals surface area contributed by atoms with Crippen LogP contribution < -0.4 is 5.73 Å². The lowest BCUT2D eigenvalue weighted by molar-refractivity contribution is 0.0475. The molecular weight excluding hydrogens is 300 g/mol. The van der Waals surface area contributed by atoms with Crippen LogP contribution in [-0.2, 0) is 11.3 Å². The van der Waals surface area contributed by atoms with Gasteiger partial charge in [-0.1, -0.05) is 42.5 Å². The van der Waals surface area contributed by atoms with Gasteiger partial charge in [0.05, 0.1) is 5.56 Å². The molecule has 0 atom stereocenters. The lowest BCUT2D eigenvalue weighted by Gasteiger charge is -2.09. The number of carbonyl (C=O) groups excluding carboxylic acids is 1. The van der Waals surface area contributed by atoms with E-state index in [1.807, 2.05) is 42.5 Å². The van der Waals surface area contributed by atoms with Crippen molar-refractivity contribution in [3.05, 3.63) is 77.4 Å². The maximum absolute atomic E-state index is 13.3. The summed E-state index contributed by atoms with van der Waals surface area (Å²) in [4.78, 5) is 12.0. The van der Waals surface area contributed by atoms with Crippen LogP contribution in [-0.4, -0.2) is 5.97 Å².